The lowest BCUT2D eigenvalue weighted by Gasteiger charge is -2.03. The summed E-state index contributed by atoms with van der Waals surface area (Å²) in [6.45, 7) is 1.31. The highest BCUT2D eigenvalue weighted by Crippen LogP contribution is 2.27. The van der Waals surface area contributed by atoms with Crippen molar-refractivity contribution < 1.29 is 4.79 Å². The second kappa shape index (κ2) is 7.51. The summed E-state index contributed by atoms with van der Waals surface area (Å²) in [6.07, 6.45) is 4.41. The van der Waals surface area contributed by atoms with Crippen LogP contribution in [0.2, 0.25) is 10.0 Å². The number of H-pyrrole nitrogens is 1. The first kappa shape index (κ1) is 16.5. The standard InChI is InChI=1S/C16H15Cl2N5O/c17-12-4-3-11(9-13(12)18)14-10-15(22-21-14)16(24)19-5-1-7-23-8-2-6-20-23/h2-4,6,8-10H,1,5,7H2,(H,19,24)(H,21,22). The molecule has 0 aliphatic carbocycles. The number of carbonyl (C=O) groups is 1. The molecule has 0 spiro atoms. The molecule has 0 aliphatic heterocycles. The Morgan fingerprint density at radius 2 is 2.12 bits per heavy atom. The largest absolute Gasteiger partial charge is 0.351 e. The lowest BCUT2D eigenvalue weighted by atomic mass is 10.1. The van der Waals surface area contributed by atoms with E-state index in [2.05, 4.69) is 20.6 Å². The van der Waals surface area contributed by atoms with Gasteiger partial charge in [-0.15, -0.1) is 0 Å². The molecule has 0 saturated carbocycles. The number of halogens is 2. The quantitative estimate of drug-likeness (QED) is 0.659. The number of hydrogen-bond acceptors (Lipinski definition) is 3. The van der Waals surface area contributed by atoms with E-state index in [1.807, 2.05) is 16.9 Å². The third-order valence-electron chi connectivity index (χ3n) is 3.45. The maximum atomic E-state index is 12.1. The number of amides is 1. The van der Waals surface area contributed by atoms with Gasteiger partial charge in [-0.1, -0.05) is 29.3 Å². The van der Waals surface area contributed by atoms with Crippen LogP contribution in [0.4, 0.5) is 0 Å². The van der Waals surface area contributed by atoms with Crippen molar-refractivity contribution in [3.63, 3.8) is 0 Å². The van der Waals surface area contributed by atoms with E-state index in [9.17, 15) is 4.79 Å². The third-order valence-corrected chi connectivity index (χ3v) is 4.19. The van der Waals surface area contributed by atoms with Gasteiger partial charge in [-0.3, -0.25) is 14.6 Å². The van der Waals surface area contributed by atoms with Gasteiger partial charge in [0.2, 0.25) is 0 Å². The van der Waals surface area contributed by atoms with Gasteiger partial charge in [0.25, 0.3) is 5.91 Å². The normalized spacial score (nSPS) is 10.8. The molecule has 24 heavy (non-hydrogen) atoms. The number of carbonyl (C=O) groups excluding carboxylic acids is 1. The van der Waals surface area contributed by atoms with Gasteiger partial charge >= 0.3 is 0 Å². The second-order valence-corrected chi connectivity index (χ2v) is 5.99. The molecular weight excluding hydrogens is 349 g/mol. The molecule has 0 bridgehead atoms. The van der Waals surface area contributed by atoms with E-state index >= 15 is 0 Å². The Kier molecular flexibility index (Phi) is 5.17. The fourth-order valence-electron chi connectivity index (χ4n) is 2.21. The van der Waals surface area contributed by atoms with E-state index in [4.69, 9.17) is 23.2 Å². The monoisotopic (exact) mass is 363 g/mol. The van der Waals surface area contributed by atoms with Crippen LogP contribution in [0.5, 0.6) is 0 Å². The molecular formula is C16H15Cl2N5O. The zero-order valence-electron chi connectivity index (χ0n) is 12.7. The van der Waals surface area contributed by atoms with Crippen LogP contribution in [0.15, 0.2) is 42.7 Å². The Labute approximate surface area is 148 Å². The highest BCUT2D eigenvalue weighted by molar-refractivity contribution is 6.42. The number of rotatable bonds is 6. The summed E-state index contributed by atoms with van der Waals surface area (Å²) >= 11 is 11.9. The Morgan fingerprint density at radius 3 is 2.88 bits per heavy atom. The van der Waals surface area contributed by atoms with Crippen LogP contribution in [-0.4, -0.2) is 32.4 Å². The lowest BCUT2D eigenvalue weighted by Crippen LogP contribution is -2.25. The van der Waals surface area contributed by atoms with Crippen molar-refractivity contribution >= 4 is 29.1 Å². The molecule has 0 unspecified atom stereocenters. The molecule has 6 nitrogen and oxygen atoms in total. The number of aromatic nitrogens is 4. The van der Waals surface area contributed by atoms with Gasteiger partial charge < -0.3 is 5.32 Å². The number of aryl methyl sites for hydroxylation is 1. The topological polar surface area (TPSA) is 75.6 Å². The van der Waals surface area contributed by atoms with Crippen molar-refractivity contribution in [1.29, 1.82) is 0 Å². The fourth-order valence-corrected chi connectivity index (χ4v) is 2.51. The molecule has 124 valence electrons. The summed E-state index contributed by atoms with van der Waals surface area (Å²) in [5.41, 5.74) is 1.82. The van der Waals surface area contributed by atoms with E-state index in [0.29, 0.717) is 28.0 Å². The predicted octanol–water partition coefficient (Wildman–Crippen LogP) is 3.40. The summed E-state index contributed by atoms with van der Waals surface area (Å²) in [4.78, 5) is 12.1. The van der Waals surface area contributed by atoms with Gasteiger partial charge in [-0.2, -0.15) is 10.2 Å². The number of benzene rings is 1. The number of nitrogens with zero attached hydrogens (tertiary/aromatic N) is 3. The molecule has 0 fully saturated rings. The molecule has 0 radical (unpaired) electrons. The SMILES string of the molecule is O=C(NCCCn1cccn1)c1cc(-c2ccc(Cl)c(Cl)c2)n[nH]1. The van der Waals surface area contributed by atoms with E-state index in [0.717, 1.165) is 18.5 Å². The summed E-state index contributed by atoms with van der Waals surface area (Å²) in [6, 6.07) is 8.76. The minimum atomic E-state index is -0.200. The fraction of sp³-hybridized carbons (Fsp3) is 0.188. The summed E-state index contributed by atoms with van der Waals surface area (Å²) in [5, 5.41) is 14.8. The molecule has 1 amide bonds. The minimum absolute atomic E-state index is 0.200. The molecule has 0 atom stereocenters. The number of hydrogen-bond donors (Lipinski definition) is 2. The first-order chi connectivity index (χ1) is 11.6. The van der Waals surface area contributed by atoms with Crippen LogP contribution in [0.25, 0.3) is 11.3 Å². The van der Waals surface area contributed by atoms with Gasteiger partial charge in [-0.25, -0.2) is 0 Å². The van der Waals surface area contributed by atoms with Gasteiger partial charge in [-0.05, 0) is 30.7 Å². The number of aromatic amines is 1. The van der Waals surface area contributed by atoms with E-state index < -0.39 is 0 Å². The Bertz CT molecular complexity index is 829. The van der Waals surface area contributed by atoms with E-state index in [-0.39, 0.29) is 5.91 Å². The molecule has 0 saturated heterocycles. The second-order valence-electron chi connectivity index (χ2n) is 5.17. The Morgan fingerprint density at radius 1 is 1.25 bits per heavy atom. The highest BCUT2D eigenvalue weighted by atomic mass is 35.5. The van der Waals surface area contributed by atoms with Crippen LogP contribution in [0.1, 0.15) is 16.9 Å². The van der Waals surface area contributed by atoms with Gasteiger partial charge in [0.05, 0.1) is 15.7 Å². The lowest BCUT2D eigenvalue weighted by molar-refractivity contribution is 0.0947. The first-order valence-electron chi connectivity index (χ1n) is 7.40. The Balaban J connectivity index is 1.56. The van der Waals surface area contributed by atoms with Crippen LogP contribution in [0, 0.1) is 0 Å². The van der Waals surface area contributed by atoms with Crippen molar-refractivity contribution in [1.82, 2.24) is 25.3 Å². The first-order valence-corrected chi connectivity index (χ1v) is 8.15. The summed E-state index contributed by atoms with van der Waals surface area (Å²) in [5.74, 6) is -0.200. The average molecular weight is 364 g/mol. The third kappa shape index (κ3) is 3.96. The molecule has 0 aliphatic rings. The van der Waals surface area contributed by atoms with Crippen molar-refractivity contribution in [3.05, 3.63) is 58.5 Å². The maximum Gasteiger partial charge on any atom is 0.269 e. The molecule has 2 aromatic heterocycles. The van der Waals surface area contributed by atoms with Crippen molar-refractivity contribution in [2.24, 2.45) is 0 Å². The summed E-state index contributed by atoms with van der Waals surface area (Å²) in [7, 11) is 0. The molecule has 3 rings (SSSR count). The van der Waals surface area contributed by atoms with E-state index in [1.165, 1.54) is 0 Å². The number of nitrogens with one attached hydrogen (secondary N) is 2. The smallest absolute Gasteiger partial charge is 0.269 e. The zero-order valence-corrected chi connectivity index (χ0v) is 14.2. The van der Waals surface area contributed by atoms with Crippen LogP contribution in [0.3, 0.4) is 0 Å². The highest BCUT2D eigenvalue weighted by Gasteiger charge is 2.11. The molecule has 2 heterocycles. The predicted molar refractivity (Wildman–Crippen MR) is 93.2 cm³/mol. The van der Waals surface area contributed by atoms with Crippen molar-refractivity contribution in [2.75, 3.05) is 6.54 Å². The van der Waals surface area contributed by atoms with E-state index in [1.54, 1.807) is 30.5 Å². The van der Waals surface area contributed by atoms with Crippen molar-refractivity contribution in [3.8, 4) is 11.3 Å². The zero-order chi connectivity index (χ0) is 16.9. The molecule has 2 N–H and O–H groups in total. The van der Waals surface area contributed by atoms with Crippen LogP contribution in [-0.2, 0) is 6.54 Å². The average Bonchev–Trinajstić information content (AvgIpc) is 3.25. The molecule has 8 heteroatoms. The molecule has 3 aromatic rings. The molecule has 1 aromatic carbocycles. The van der Waals surface area contributed by atoms with Gasteiger partial charge in [0.1, 0.15) is 5.69 Å². The van der Waals surface area contributed by atoms with Gasteiger partial charge in [0.15, 0.2) is 0 Å². The summed E-state index contributed by atoms with van der Waals surface area (Å²) < 4.78 is 1.82. The van der Waals surface area contributed by atoms with Crippen molar-refractivity contribution in [2.45, 2.75) is 13.0 Å². The van der Waals surface area contributed by atoms with Crippen LogP contribution >= 0.6 is 23.2 Å². The van der Waals surface area contributed by atoms with Gasteiger partial charge in [0, 0.05) is 31.0 Å². The van der Waals surface area contributed by atoms with Crippen LogP contribution < -0.4 is 5.32 Å². The Hall–Kier alpha value is -2.31. The minimum Gasteiger partial charge on any atom is -0.351 e. The maximum absolute atomic E-state index is 12.1.